The third-order valence-electron chi connectivity index (χ3n) is 3.16. The minimum absolute atomic E-state index is 0.102. The number of carbonyl (C=O) groups excluding carboxylic acids is 1. The molecule has 1 aromatic rings. The van der Waals surface area contributed by atoms with Gasteiger partial charge in [-0.1, -0.05) is 6.07 Å². The van der Waals surface area contributed by atoms with Crippen molar-refractivity contribution in [3.05, 3.63) is 35.4 Å². The average molecular weight is 256 g/mol. The van der Waals surface area contributed by atoms with Crippen LogP contribution in [0.4, 0.5) is 8.78 Å². The van der Waals surface area contributed by atoms with Crippen LogP contribution in [0.5, 0.6) is 0 Å². The van der Waals surface area contributed by atoms with Crippen LogP contribution in [0.1, 0.15) is 25.5 Å². The highest BCUT2D eigenvalue weighted by molar-refractivity contribution is 5.81. The SMILES string of the molecule is CNC(C)C(=O)N(C)C(C)c1ccc(F)c(F)c1. The van der Waals surface area contributed by atoms with Crippen LogP contribution in [-0.4, -0.2) is 30.9 Å². The van der Waals surface area contributed by atoms with Gasteiger partial charge in [-0.3, -0.25) is 4.79 Å². The summed E-state index contributed by atoms with van der Waals surface area (Å²) in [6.07, 6.45) is 0. The molecule has 0 heterocycles. The lowest BCUT2D eigenvalue weighted by Crippen LogP contribution is -2.42. The standard InChI is InChI=1S/C13H18F2N2O/c1-8(16-3)13(18)17(4)9(2)10-5-6-11(14)12(15)7-10/h5-9,16H,1-4H3. The van der Waals surface area contributed by atoms with Crippen LogP contribution in [0.25, 0.3) is 0 Å². The number of likely N-dealkylation sites (N-methyl/N-ethyl adjacent to an activating group) is 2. The number of amides is 1. The van der Waals surface area contributed by atoms with Crippen LogP contribution in [0, 0.1) is 11.6 Å². The molecule has 2 atom stereocenters. The van der Waals surface area contributed by atoms with E-state index >= 15 is 0 Å². The second-order valence-corrected chi connectivity index (χ2v) is 4.31. The van der Waals surface area contributed by atoms with Gasteiger partial charge in [0.05, 0.1) is 12.1 Å². The maximum absolute atomic E-state index is 13.1. The van der Waals surface area contributed by atoms with E-state index in [0.29, 0.717) is 5.56 Å². The van der Waals surface area contributed by atoms with Crippen LogP contribution in [0.3, 0.4) is 0 Å². The minimum Gasteiger partial charge on any atom is -0.338 e. The Labute approximate surface area is 106 Å². The van der Waals surface area contributed by atoms with E-state index in [1.54, 1.807) is 27.9 Å². The maximum atomic E-state index is 13.1. The normalized spacial score (nSPS) is 14.1. The molecule has 0 saturated heterocycles. The Bertz CT molecular complexity index is 437. The minimum atomic E-state index is -0.901. The molecule has 18 heavy (non-hydrogen) atoms. The van der Waals surface area contributed by atoms with Crippen molar-refractivity contribution >= 4 is 5.91 Å². The third-order valence-corrected chi connectivity index (χ3v) is 3.16. The van der Waals surface area contributed by atoms with E-state index in [-0.39, 0.29) is 18.0 Å². The molecule has 0 saturated carbocycles. The number of halogens is 2. The van der Waals surface area contributed by atoms with Crippen LogP contribution < -0.4 is 5.32 Å². The van der Waals surface area contributed by atoms with Crippen molar-refractivity contribution in [2.45, 2.75) is 25.9 Å². The third kappa shape index (κ3) is 3.04. The molecule has 0 fully saturated rings. The summed E-state index contributed by atoms with van der Waals surface area (Å²) in [5.74, 6) is -1.89. The fourth-order valence-electron chi connectivity index (χ4n) is 1.62. The Hall–Kier alpha value is -1.49. The van der Waals surface area contributed by atoms with Gasteiger partial charge in [0.15, 0.2) is 11.6 Å². The Kier molecular flexibility index (Phi) is 4.78. The molecule has 5 heteroatoms. The maximum Gasteiger partial charge on any atom is 0.239 e. The van der Waals surface area contributed by atoms with Crippen molar-refractivity contribution in [2.75, 3.05) is 14.1 Å². The first kappa shape index (κ1) is 14.6. The molecule has 0 aromatic heterocycles. The molecule has 1 rings (SSSR count). The molecule has 0 bridgehead atoms. The Balaban J connectivity index is 2.89. The second-order valence-electron chi connectivity index (χ2n) is 4.31. The van der Waals surface area contributed by atoms with Crippen LogP contribution in [0.15, 0.2) is 18.2 Å². The fourth-order valence-corrected chi connectivity index (χ4v) is 1.62. The van der Waals surface area contributed by atoms with Gasteiger partial charge in [0.1, 0.15) is 0 Å². The van der Waals surface area contributed by atoms with E-state index in [1.807, 2.05) is 0 Å². The Morgan fingerprint density at radius 2 is 1.89 bits per heavy atom. The summed E-state index contributed by atoms with van der Waals surface area (Å²) in [6, 6.07) is 3.04. The summed E-state index contributed by atoms with van der Waals surface area (Å²) >= 11 is 0. The van der Waals surface area contributed by atoms with Gasteiger partial charge in [0.2, 0.25) is 5.91 Å². The van der Waals surface area contributed by atoms with E-state index in [0.717, 1.165) is 12.1 Å². The lowest BCUT2D eigenvalue weighted by atomic mass is 10.1. The predicted molar refractivity (Wildman–Crippen MR) is 66.1 cm³/mol. The van der Waals surface area contributed by atoms with Gasteiger partial charge in [-0.25, -0.2) is 8.78 Å². The summed E-state index contributed by atoms with van der Waals surface area (Å²) in [6.45, 7) is 3.52. The molecule has 0 aliphatic heterocycles. The predicted octanol–water partition coefficient (Wildman–Crippen LogP) is 2.09. The lowest BCUT2D eigenvalue weighted by Gasteiger charge is -2.28. The van der Waals surface area contributed by atoms with Gasteiger partial charge >= 0.3 is 0 Å². The molecular formula is C13H18F2N2O. The Morgan fingerprint density at radius 3 is 2.39 bits per heavy atom. The molecule has 0 aliphatic rings. The van der Waals surface area contributed by atoms with Crippen LogP contribution in [-0.2, 0) is 4.79 Å². The smallest absolute Gasteiger partial charge is 0.239 e. The summed E-state index contributed by atoms with van der Waals surface area (Å²) in [4.78, 5) is 13.4. The number of hydrogen-bond acceptors (Lipinski definition) is 2. The summed E-state index contributed by atoms with van der Waals surface area (Å²) in [5, 5.41) is 2.85. The quantitative estimate of drug-likeness (QED) is 0.894. The van der Waals surface area contributed by atoms with Crippen molar-refractivity contribution < 1.29 is 13.6 Å². The van der Waals surface area contributed by atoms with Crippen molar-refractivity contribution in [1.82, 2.24) is 10.2 Å². The van der Waals surface area contributed by atoms with E-state index in [9.17, 15) is 13.6 Å². The van der Waals surface area contributed by atoms with Gasteiger partial charge in [0, 0.05) is 7.05 Å². The van der Waals surface area contributed by atoms with E-state index in [1.165, 1.54) is 11.0 Å². The zero-order chi connectivity index (χ0) is 13.9. The van der Waals surface area contributed by atoms with Crippen LogP contribution in [0.2, 0.25) is 0 Å². The van der Waals surface area contributed by atoms with Crippen molar-refractivity contribution in [3.8, 4) is 0 Å². The van der Waals surface area contributed by atoms with E-state index in [2.05, 4.69) is 5.32 Å². The topological polar surface area (TPSA) is 32.3 Å². The van der Waals surface area contributed by atoms with Crippen LogP contribution >= 0.6 is 0 Å². The highest BCUT2D eigenvalue weighted by Gasteiger charge is 2.22. The summed E-state index contributed by atoms with van der Waals surface area (Å²) in [5.41, 5.74) is 0.563. The van der Waals surface area contributed by atoms with Gasteiger partial charge in [-0.05, 0) is 38.6 Å². The molecule has 100 valence electrons. The number of rotatable bonds is 4. The number of hydrogen-bond donors (Lipinski definition) is 1. The van der Waals surface area contributed by atoms with Crippen molar-refractivity contribution in [2.24, 2.45) is 0 Å². The fraction of sp³-hybridized carbons (Fsp3) is 0.462. The number of nitrogens with one attached hydrogen (secondary N) is 1. The molecule has 0 spiro atoms. The molecule has 2 unspecified atom stereocenters. The van der Waals surface area contributed by atoms with Crippen molar-refractivity contribution in [3.63, 3.8) is 0 Å². The van der Waals surface area contributed by atoms with Gasteiger partial charge in [-0.15, -0.1) is 0 Å². The van der Waals surface area contributed by atoms with Gasteiger partial charge < -0.3 is 10.2 Å². The molecule has 1 N–H and O–H groups in total. The first-order valence-electron chi connectivity index (χ1n) is 5.77. The first-order valence-corrected chi connectivity index (χ1v) is 5.77. The first-order chi connectivity index (χ1) is 8.38. The van der Waals surface area contributed by atoms with E-state index < -0.39 is 11.6 Å². The van der Waals surface area contributed by atoms with Crippen molar-refractivity contribution in [1.29, 1.82) is 0 Å². The molecule has 1 amide bonds. The number of carbonyl (C=O) groups is 1. The molecule has 1 aromatic carbocycles. The summed E-state index contributed by atoms with van der Waals surface area (Å²) in [7, 11) is 3.33. The molecule has 3 nitrogen and oxygen atoms in total. The molecule has 0 aliphatic carbocycles. The zero-order valence-electron chi connectivity index (χ0n) is 11.0. The van der Waals surface area contributed by atoms with E-state index in [4.69, 9.17) is 0 Å². The number of nitrogens with zero attached hydrogens (tertiary/aromatic N) is 1. The zero-order valence-corrected chi connectivity index (χ0v) is 11.0. The highest BCUT2D eigenvalue weighted by Crippen LogP contribution is 2.21. The Morgan fingerprint density at radius 1 is 1.28 bits per heavy atom. The van der Waals surface area contributed by atoms with Gasteiger partial charge in [-0.2, -0.15) is 0 Å². The average Bonchev–Trinajstić information content (AvgIpc) is 2.38. The van der Waals surface area contributed by atoms with Gasteiger partial charge in [0.25, 0.3) is 0 Å². The lowest BCUT2D eigenvalue weighted by molar-refractivity contribution is -0.133. The number of benzene rings is 1. The molecular weight excluding hydrogens is 238 g/mol. The second kappa shape index (κ2) is 5.91. The highest BCUT2D eigenvalue weighted by atomic mass is 19.2. The largest absolute Gasteiger partial charge is 0.338 e. The molecule has 0 radical (unpaired) electrons. The monoisotopic (exact) mass is 256 g/mol. The summed E-state index contributed by atoms with van der Waals surface area (Å²) < 4.78 is 26.0.